The van der Waals surface area contributed by atoms with Gasteiger partial charge in [0.2, 0.25) is 0 Å². The van der Waals surface area contributed by atoms with E-state index in [4.69, 9.17) is 10.2 Å². The van der Waals surface area contributed by atoms with Gasteiger partial charge in [-0.15, -0.1) is 0 Å². The summed E-state index contributed by atoms with van der Waals surface area (Å²) in [5.41, 5.74) is 0. The molecule has 1 aliphatic heterocycles. The van der Waals surface area contributed by atoms with Gasteiger partial charge in [-0.25, -0.2) is 0 Å². The Labute approximate surface area is 108 Å². The third kappa shape index (κ3) is 3.92. The van der Waals surface area contributed by atoms with Crippen molar-refractivity contribution in [2.45, 2.75) is 43.2 Å². The quantitative estimate of drug-likeness (QED) is 0.816. The van der Waals surface area contributed by atoms with Crippen LogP contribution in [-0.2, 0) is 9.59 Å². The third-order valence-electron chi connectivity index (χ3n) is 2.33. The molecule has 1 rings (SSSR count). The van der Waals surface area contributed by atoms with Crippen molar-refractivity contribution in [2.24, 2.45) is 4.99 Å². The highest BCUT2D eigenvalue weighted by molar-refractivity contribution is 8.40. The highest BCUT2D eigenvalue weighted by atomic mass is 32.2. The molecule has 2 unspecified atom stereocenters. The van der Waals surface area contributed by atoms with Gasteiger partial charge < -0.3 is 10.2 Å². The second-order valence-electron chi connectivity index (χ2n) is 4.31. The van der Waals surface area contributed by atoms with E-state index in [0.29, 0.717) is 4.38 Å². The zero-order chi connectivity index (χ0) is 13.2. The first-order valence-electron chi connectivity index (χ1n) is 5.11. The largest absolute Gasteiger partial charge is 0.481 e. The molecule has 0 amide bonds. The summed E-state index contributed by atoms with van der Waals surface area (Å²) < 4.78 is -0.278. The van der Waals surface area contributed by atoms with Crippen LogP contribution in [0.15, 0.2) is 4.99 Å². The van der Waals surface area contributed by atoms with Crippen LogP contribution in [0.25, 0.3) is 0 Å². The minimum atomic E-state index is -0.941. The Kier molecular flexibility index (Phi) is 4.48. The summed E-state index contributed by atoms with van der Waals surface area (Å²) in [4.78, 5) is 25.9. The molecular weight excluding hydrogens is 262 g/mol. The monoisotopic (exact) mass is 277 g/mol. The van der Waals surface area contributed by atoms with Crippen LogP contribution in [0.2, 0.25) is 0 Å². The zero-order valence-electron chi connectivity index (χ0n) is 9.84. The summed E-state index contributed by atoms with van der Waals surface area (Å²) in [6, 6.07) is -0.0804. The average Bonchev–Trinajstić information content (AvgIpc) is 2.44. The van der Waals surface area contributed by atoms with E-state index in [2.05, 4.69) is 4.99 Å². The molecule has 0 bridgehead atoms. The molecule has 96 valence electrons. The second-order valence-corrected chi connectivity index (χ2v) is 7.41. The van der Waals surface area contributed by atoms with Gasteiger partial charge in [0.05, 0.1) is 12.5 Å². The first kappa shape index (κ1) is 14.4. The molecule has 0 radical (unpaired) electrons. The van der Waals surface area contributed by atoms with E-state index in [0.717, 1.165) is 0 Å². The van der Waals surface area contributed by atoms with E-state index >= 15 is 0 Å². The van der Waals surface area contributed by atoms with Crippen LogP contribution < -0.4 is 0 Å². The van der Waals surface area contributed by atoms with Crippen LogP contribution in [0.3, 0.4) is 0 Å². The van der Waals surface area contributed by atoms with Crippen molar-refractivity contribution in [1.29, 1.82) is 0 Å². The highest BCUT2D eigenvalue weighted by Crippen LogP contribution is 2.39. The summed E-state index contributed by atoms with van der Waals surface area (Å²) in [7, 11) is 0. The van der Waals surface area contributed by atoms with E-state index in [1.807, 2.05) is 6.92 Å². The predicted molar refractivity (Wildman–Crippen MR) is 69.8 cm³/mol. The molecule has 17 heavy (non-hydrogen) atoms. The van der Waals surface area contributed by atoms with Crippen LogP contribution >= 0.6 is 23.5 Å². The molecule has 0 fully saturated rings. The SMILES string of the molecule is CC1N=C(SC(C)(C)C(=O)O)SC1CC(=O)O. The normalized spacial score (nSPS) is 24.5. The fourth-order valence-electron chi connectivity index (χ4n) is 1.20. The number of hydrogen-bond acceptors (Lipinski definition) is 5. The highest BCUT2D eigenvalue weighted by Gasteiger charge is 2.35. The molecule has 0 saturated heterocycles. The Morgan fingerprint density at radius 3 is 2.53 bits per heavy atom. The topological polar surface area (TPSA) is 87.0 Å². The maximum Gasteiger partial charge on any atom is 0.319 e. The summed E-state index contributed by atoms with van der Waals surface area (Å²) >= 11 is 2.53. The Hall–Kier alpha value is -0.690. The number of aliphatic imine (C=N–C) groups is 1. The Morgan fingerprint density at radius 1 is 1.47 bits per heavy atom. The van der Waals surface area contributed by atoms with E-state index in [9.17, 15) is 9.59 Å². The number of carboxylic acid groups (broad SMARTS) is 2. The van der Waals surface area contributed by atoms with Crippen molar-refractivity contribution in [3.8, 4) is 0 Å². The number of thioether (sulfide) groups is 2. The van der Waals surface area contributed by atoms with Gasteiger partial charge in [0.1, 0.15) is 9.12 Å². The number of hydrogen-bond donors (Lipinski definition) is 2. The van der Waals surface area contributed by atoms with Gasteiger partial charge in [-0.2, -0.15) is 0 Å². The smallest absolute Gasteiger partial charge is 0.319 e. The van der Waals surface area contributed by atoms with Gasteiger partial charge in [0.15, 0.2) is 0 Å². The summed E-state index contributed by atoms with van der Waals surface area (Å²) in [6.45, 7) is 5.07. The van der Waals surface area contributed by atoms with Gasteiger partial charge in [0.25, 0.3) is 0 Å². The average molecular weight is 277 g/mol. The van der Waals surface area contributed by atoms with E-state index < -0.39 is 16.7 Å². The molecule has 5 nitrogen and oxygen atoms in total. The molecule has 0 aromatic rings. The molecular formula is C10H15NO4S2. The second kappa shape index (κ2) is 5.30. The van der Waals surface area contributed by atoms with Crippen molar-refractivity contribution in [1.82, 2.24) is 0 Å². The number of rotatable bonds is 4. The van der Waals surface area contributed by atoms with Gasteiger partial charge in [-0.05, 0) is 20.8 Å². The van der Waals surface area contributed by atoms with E-state index in [1.165, 1.54) is 23.5 Å². The minimum absolute atomic E-state index is 0.0485. The van der Waals surface area contributed by atoms with Crippen molar-refractivity contribution in [3.63, 3.8) is 0 Å². The van der Waals surface area contributed by atoms with Crippen molar-refractivity contribution < 1.29 is 19.8 Å². The predicted octanol–water partition coefficient (Wildman–Crippen LogP) is 1.92. The Bertz CT molecular complexity index is 367. The molecule has 1 aliphatic rings. The zero-order valence-corrected chi connectivity index (χ0v) is 11.5. The fraction of sp³-hybridized carbons (Fsp3) is 0.700. The van der Waals surface area contributed by atoms with Crippen LogP contribution in [0.5, 0.6) is 0 Å². The van der Waals surface area contributed by atoms with E-state index in [1.54, 1.807) is 13.8 Å². The van der Waals surface area contributed by atoms with Crippen LogP contribution in [0.1, 0.15) is 27.2 Å². The maximum absolute atomic E-state index is 11.0. The van der Waals surface area contributed by atoms with Crippen LogP contribution in [0.4, 0.5) is 0 Å². The Balaban J connectivity index is 2.62. The first-order chi connectivity index (χ1) is 7.72. The van der Waals surface area contributed by atoms with Crippen LogP contribution in [0, 0.1) is 0 Å². The first-order valence-corrected chi connectivity index (χ1v) is 6.80. The van der Waals surface area contributed by atoms with Crippen molar-refractivity contribution >= 4 is 39.8 Å². The lowest BCUT2D eigenvalue weighted by Crippen LogP contribution is -2.28. The molecule has 0 aromatic carbocycles. The summed E-state index contributed by atoms with van der Waals surface area (Å²) in [6.07, 6.45) is 0.0485. The van der Waals surface area contributed by atoms with Gasteiger partial charge in [-0.1, -0.05) is 23.5 Å². The third-order valence-corrected chi connectivity index (χ3v) is 5.01. The van der Waals surface area contributed by atoms with Crippen molar-refractivity contribution in [2.75, 3.05) is 0 Å². The minimum Gasteiger partial charge on any atom is -0.481 e. The molecule has 2 N–H and O–H groups in total. The van der Waals surface area contributed by atoms with Gasteiger partial charge in [0, 0.05) is 5.25 Å². The summed E-state index contributed by atoms with van der Waals surface area (Å²) in [5.74, 6) is -1.76. The lowest BCUT2D eigenvalue weighted by Gasteiger charge is -2.17. The summed E-state index contributed by atoms with van der Waals surface area (Å²) in [5, 5.41) is 17.6. The number of nitrogens with zero attached hydrogens (tertiary/aromatic N) is 1. The molecule has 0 spiro atoms. The van der Waals surface area contributed by atoms with Gasteiger partial charge >= 0.3 is 11.9 Å². The molecule has 0 aliphatic carbocycles. The molecule has 0 aromatic heterocycles. The Morgan fingerprint density at radius 2 is 2.06 bits per heavy atom. The molecule has 1 heterocycles. The number of carbonyl (C=O) groups is 2. The van der Waals surface area contributed by atoms with E-state index in [-0.39, 0.29) is 17.7 Å². The molecule has 7 heteroatoms. The van der Waals surface area contributed by atoms with Gasteiger partial charge in [-0.3, -0.25) is 14.6 Å². The maximum atomic E-state index is 11.0. The van der Waals surface area contributed by atoms with Crippen LogP contribution in [-0.4, -0.2) is 42.6 Å². The number of aliphatic carboxylic acids is 2. The standard InChI is InChI=1S/C10H15NO4S2/c1-5-6(4-7(12)13)16-9(11-5)17-10(2,3)8(14)15/h5-6H,4H2,1-3H3,(H,12,13)(H,14,15). The lowest BCUT2D eigenvalue weighted by atomic mass is 10.2. The lowest BCUT2D eigenvalue weighted by molar-refractivity contribution is -0.139. The number of carboxylic acids is 2. The van der Waals surface area contributed by atoms with Crippen molar-refractivity contribution in [3.05, 3.63) is 0 Å². The molecule has 2 atom stereocenters. The fourth-order valence-corrected chi connectivity index (χ4v) is 4.11. The molecule has 0 saturated carbocycles.